The van der Waals surface area contributed by atoms with Gasteiger partial charge >= 0.3 is 0 Å². The van der Waals surface area contributed by atoms with Gasteiger partial charge in [-0.1, -0.05) is 6.58 Å². The highest BCUT2D eigenvalue weighted by Gasteiger charge is 2.18. The van der Waals surface area contributed by atoms with Gasteiger partial charge in [-0.05, 0) is 24.3 Å². The molecule has 0 saturated carbocycles. The molecule has 1 aliphatic rings. The third-order valence-electron chi connectivity index (χ3n) is 4.23. The third kappa shape index (κ3) is 5.32. The van der Waals surface area contributed by atoms with E-state index in [9.17, 15) is 19.5 Å². The summed E-state index contributed by atoms with van der Waals surface area (Å²) >= 11 is 0. The van der Waals surface area contributed by atoms with Crippen molar-refractivity contribution < 1.29 is 19.5 Å². The average molecular weight is 360 g/mol. The van der Waals surface area contributed by atoms with Crippen molar-refractivity contribution in [3.8, 4) is 5.75 Å². The van der Waals surface area contributed by atoms with Crippen LogP contribution in [0, 0.1) is 0 Å². The number of phenolic OH excluding ortho intramolecular Hbond substituents is 1. The lowest BCUT2D eigenvalue weighted by atomic mass is 10.1. The summed E-state index contributed by atoms with van der Waals surface area (Å²) in [5.41, 5.74) is 0.492. The third-order valence-corrected chi connectivity index (χ3v) is 4.23. The molecular weight excluding hydrogens is 336 g/mol. The molecule has 2 rings (SSSR count). The molecule has 3 amide bonds. The van der Waals surface area contributed by atoms with Crippen LogP contribution in [0.2, 0.25) is 0 Å². The Balaban J connectivity index is 1.83. The molecule has 8 heteroatoms. The van der Waals surface area contributed by atoms with Gasteiger partial charge in [-0.25, -0.2) is 0 Å². The van der Waals surface area contributed by atoms with Gasteiger partial charge in [-0.15, -0.1) is 0 Å². The van der Waals surface area contributed by atoms with E-state index in [1.807, 2.05) is 4.90 Å². The van der Waals surface area contributed by atoms with Gasteiger partial charge in [0.25, 0.3) is 5.91 Å². The fourth-order valence-electron chi connectivity index (χ4n) is 2.68. The van der Waals surface area contributed by atoms with Crippen LogP contribution in [0.1, 0.15) is 17.3 Å². The van der Waals surface area contributed by atoms with Gasteiger partial charge in [-0.3, -0.25) is 19.3 Å². The molecule has 1 aromatic carbocycles. The molecule has 1 aromatic rings. The number of rotatable bonds is 6. The van der Waals surface area contributed by atoms with E-state index in [1.165, 1.54) is 18.2 Å². The molecule has 26 heavy (non-hydrogen) atoms. The number of carbonyl (C=O) groups is 3. The van der Waals surface area contributed by atoms with Crippen LogP contribution < -0.4 is 10.6 Å². The standard InChI is InChI=1S/C18H24N4O4/c1-3-17(25)20-15-12-14(4-5-16(15)24)18(26)19-6-7-21-8-10-22(11-9-21)13(2)23/h3-5,12,24H,1,6-11H2,2H3,(H,19,26)(H,20,25). The summed E-state index contributed by atoms with van der Waals surface area (Å²) < 4.78 is 0. The second kappa shape index (κ2) is 9.00. The zero-order valence-electron chi connectivity index (χ0n) is 14.8. The van der Waals surface area contributed by atoms with Crippen molar-refractivity contribution in [2.24, 2.45) is 0 Å². The predicted molar refractivity (Wildman–Crippen MR) is 98.0 cm³/mol. The quantitative estimate of drug-likeness (QED) is 0.504. The fourth-order valence-corrected chi connectivity index (χ4v) is 2.68. The molecule has 0 bridgehead atoms. The molecule has 0 aromatic heterocycles. The fraction of sp³-hybridized carbons (Fsp3) is 0.389. The monoisotopic (exact) mass is 360 g/mol. The number of nitrogens with zero attached hydrogens (tertiary/aromatic N) is 2. The van der Waals surface area contributed by atoms with Gasteiger partial charge in [0.15, 0.2) is 0 Å². The first-order chi connectivity index (χ1) is 12.4. The normalized spacial score (nSPS) is 14.6. The summed E-state index contributed by atoms with van der Waals surface area (Å²) in [5.74, 6) is -0.797. The van der Waals surface area contributed by atoms with E-state index in [2.05, 4.69) is 22.1 Å². The van der Waals surface area contributed by atoms with Gasteiger partial charge in [0, 0.05) is 51.8 Å². The molecule has 0 unspecified atom stereocenters. The van der Waals surface area contributed by atoms with Crippen LogP contribution in [-0.2, 0) is 9.59 Å². The minimum atomic E-state index is -0.470. The largest absolute Gasteiger partial charge is 0.506 e. The number of carbonyl (C=O) groups excluding carboxylic acids is 3. The van der Waals surface area contributed by atoms with Crippen LogP contribution in [0.4, 0.5) is 5.69 Å². The summed E-state index contributed by atoms with van der Waals surface area (Å²) in [6.45, 7) is 9.04. The molecule has 1 aliphatic heterocycles. The Labute approximate surface area is 152 Å². The Kier molecular flexibility index (Phi) is 6.74. The van der Waals surface area contributed by atoms with Gasteiger partial charge in [0.2, 0.25) is 11.8 Å². The first kappa shape index (κ1) is 19.5. The van der Waals surface area contributed by atoms with Crippen LogP contribution >= 0.6 is 0 Å². The SMILES string of the molecule is C=CC(=O)Nc1cc(C(=O)NCCN2CCN(C(C)=O)CC2)ccc1O. The van der Waals surface area contributed by atoms with Crippen LogP contribution in [-0.4, -0.2) is 71.9 Å². The Bertz CT molecular complexity index is 696. The smallest absolute Gasteiger partial charge is 0.251 e. The lowest BCUT2D eigenvalue weighted by Gasteiger charge is -2.34. The molecule has 1 saturated heterocycles. The number of piperazine rings is 1. The highest BCUT2D eigenvalue weighted by molar-refractivity contribution is 6.02. The van der Waals surface area contributed by atoms with E-state index >= 15 is 0 Å². The van der Waals surface area contributed by atoms with Crippen molar-refractivity contribution in [2.75, 3.05) is 44.6 Å². The number of aromatic hydroxyl groups is 1. The Morgan fingerprint density at radius 2 is 1.92 bits per heavy atom. The van der Waals surface area contributed by atoms with Gasteiger partial charge in [-0.2, -0.15) is 0 Å². The first-order valence-electron chi connectivity index (χ1n) is 8.43. The summed E-state index contributed by atoms with van der Waals surface area (Å²) in [5, 5.41) is 15.0. The van der Waals surface area contributed by atoms with Crippen LogP contribution in [0.5, 0.6) is 5.75 Å². The number of anilines is 1. The molecular formula is C18H24N4O4. The van der Waals surface area contributed by atoms with Crippen LogP contribution in [0.25, 0.3) is 0 Å². The lowest BCUT2D eigenvalue weighted by Crippen LogP contribution is -2.49. The van der Waals surface area contributed by atoms with E-state index in [-0.39, 0.29) is 23.3 Å². The maximum absolute atomic E-state index is 12.2. The Hall–Kier alpha value is -2.87. The average Bonchev–Trinajstić information content (AvgIpc) is 2.63. The van der Waals surface area contributed by atoms with E-state index < -0.39 is 5.91 Å². The van der Waals surface area contributed by atoms with Gasteiger partial charge in [0.05, 0.1) is 5.69 Å². The second-order valence-corrected chi connectivity index (χ2v) is 6.03. The second-order valence-electron chi connectivity index (χ2n) is 6.03. The zero-order valence-corrected chi connectivity index (χ0v) is 14.8. The maximum atomic E-state index is 12.2. The molecule has 140 valence electrons. The topological polar surface area (TPSA) is 102 Å². The molecule has 0 aliphatic carbocycles. The molecule has 0 atom stereocenters. The van der Waals surface area contributed by atoms with Crippen molar-refractivity contribution in [3.63, 3.8) is 0 Å². The Morgan fingerprint density at radius 1 is 1.23 bits per heavy atom. The highest BCUT2D eigenvalue weighted by atomic mass is 16.3. The van der Waals surface area contributed by atoms with Crippen molar-refractivity contribution in [2.45, 2.75) is 6.92 Å². The van der Waals surface area contributed by atoms with E-state index in [4.69, 9.17) is 0 Å². The number of hydrogen-bond donors (Lipinski definition) is 3. The molecule has 1 fully saturated rings. The highest BCUT2D eigenvalue weighted by Crippen LogP contribution is 2.24. The molecule has 1 heterocycles. The summed E-state index contributed by atoms with van der Waals surface area (Å²) in [6.07, 6.45) is 1.08. The Morgan fingerprint density at radius 3 is 2.54 bits per heavy atom. The van der Waals surface area contributed by atoms with E-state index in [0.29, 0.717) is 31.7 Å². The number of nitrogens with one attached hydrogen (secondary N) is 2. The predicted octanol–water partition coefficient (Wildman–Crippen LogP) is 0.411. The lowest BCUT2D eigenvalue weighted by molar-refractivity contribution is -0.130. The number of hydrogen-bond acceptors (Lipinski definition) is 5. The van der Waals surface area contributed by atoms with Crippen molar-refractivity contribution >= 4 is 23.4 Å². The van der Waals surface area contributed by atoms with E-state index in [0.717, 1.165) is 19.2 Å². The zero-order chi connectivity index (χ0) is 19.1. The van der Waals surface area contributed by atoms with Crippen molar-refractivity contribution in [1.29, 1.82) is 0 Å². The minimum absolute atomic E-state index is 0.0876. The number of benzene rings is 1. The van der Waals surface area contributed by atoms with Gasteiger partial charge < -0.3 is 20.6 Å². The molecule has 0 radical (unpaired) electrons. The number of phenols is 1. The summed E-state index contributed by atoms with van der Waals surface area (Å²) in [4.78, 5) is 38.9. The molecule has 0 spiro atoms. The van der Waals surface area contributed by atoms with Gasteiger partial charge in [0.1, 0.15) is 5.75 Å². The maximum Gasteiger partial charge on any atom is 0.251 e. The molecule has 8 nitrogen and oxygen atoms in total. The molecule has 3 N–H and O–H groups in total. The summed E-state index contributed by atoms with van der Waals surface area (Å²) in [6, 6.07) is 4.26. The minimum Gasteiger partial charge on any atom is -0.506 e. The number of amides is 3. The van der Waals surface area contributed by atoms with Crippen LogP contribution in [0.3, 0.4) is 0 Å². The summed E-state index contributed by atoms with van der Waals surface area (Å²) in [7, 11) is 0. The first-order valence-corrected chi connectivity index (χ1v) is 8.43. The van der Waals surface area contributed by atoms with Crippen molar-refractivity contribution in [1.82, 2.24) is 15.1 Å². The van der Waals surface area contributed by atoms with E-state index in [1.54, 1.807) is 6.92 Å². The van der Waals surface area contributed by atoms with Crippen LogP contribution in [0.15, 0.2) is 30.9 Å². The van der Waals surface area contributed by atoms with Crippen molar-refractivity contribution in [3.05, 3.63) is 36.4 Å².